The molecule has 2 rings (SSSR count). The minimum atomic E-state index is -0.961. The number of benzene rings is 1. The number of hydrogen-bond acceptors (Lipinski definition) is 5. The summed E-state index contributed by atoms with van der Waals surface area (Å²) in [7, 11) is 0. The lowest BCUT2D eigenvalue weighted by Crippen LogP contribution is -2.21. The molecule has 0 aliphatic rings. The van der Waals surface area contributed by atoms with E-state index >= 15 is 0 Å². The second-order valence-electron chi connectivity index (χ2n) is 4.06. The molecule has 0 fully saturated rings. The van der Waals surface area contributed by atoms with Gasteiger partial charge in [0.15, 0.2) is 0 Å². The molecule has 0 saturated heterocycles. The molecule has 1 heterocycles. The van der Waals surface area contributed by atoms with Crippen molar-refractivity contribution in [3.8, 4) is 5.75 Å². The van der Waals surface area contributed by atoms with Crippen LogP contribution in [0.2, 0.25) is 0 Å². The molecule has 0 atom stereocenters. The highest BCUT2D eigenvalue weighted by molar-refractivity contribution is 5.87. The molecule has 6 nitrogen and oxygen atoms in total. The lowest BCUT2D eigenvalue weighted by atomic mass is 10.2. The first-order chi connectivity index (χ1) is 9.75. The Balaban J connectivity index is 1.71. The van der Waals surface area contributed by atoms with Gasteiger partial charge in [0.1, 0.15) is 18.7 Å². The fourth-order valence-corrected chi connectivity index (χ4v) is 1.60. The number of carboxylic acid groups (broad SMARTS) is 1. The Labute approximate surface area is 116 Å². The van der Waals surface area contributed by atoms with Gasteiger partial charge in [-0.25, -0.2) is 14.8 Å². The van der Waals surface area contributed by atoms with E-state index in [9.17, 15) is 4.79 Å². The van der Waals surface area contributed by atoms with E-state index in [2.05, 4.69) is 15.3 Å². The van der Waals surface area contributed by atoms with Crippen LogP contribution in [0.25, 0.3) is 0 Å². The maximum absolute atomic E-state index is 10.8. The Hall–Kier alpha value is -2.47. The van der Waals surface area contributed by atoms with Gasteiger partial charge in [-0.3, -0.25) is 0 Å². The molecule has 20 heavy (non-hydrogen) atoms. The van der Waals surface area contributed by atoms with Crippen molar-refractivity contribution in [3.05, 3.63) is 54.1 Å². The molecule has 0 bridgehead atoms. The summed E-state index contributed by atoms with van der Waals surface area (Å²) in [5, 5.41) is 12.0. The highest BCUT2D eigenvalue weighted by Gasteiger charge is 2.03. The first-order valence-electron chi connectivity index (χ1n) is 6.17. The first-order valence-corrected chi connectivity index (χ1v) is 6.17. The fraction of sp³-hybridized carbons (Fsp3) is 0.214. The van der Waals surface area contributed by atoms with E-state index in [1.807, 2.05) is 6.07 Å². The van der Waals surface area contributed by atoms with E-state index in [4.69, 9.17) is 9.84 Å². The van der Waals surface area contributed by atoms with Gasteiger partial charge in [-0.2, -0.15) is 0 Å². The van der Waals surface area contributed by atoms with Crippen molar-refractivity contribution >= 4 is 5.97 Å². The molecule has 0 aliphatic carbocycles. The average Bonchev–Trinajstić information content (AvgIpc) is 2.48. The molecule has 0 saturated carbocycles. The zero-order valence-corrected chi connectivity index (χ0v) is 10.8. The predicted molar refractivity (Wildman–Crippen MR) is 72.6 cm³/mol. The lowest BCUT2D eigenvalue weighted by Gasteiger charge is -2.07. The summed E-state index contributed by atoms with van der Waals surface area (Å²) >= 11 is 0. The van der Waals surface area contributed by atoms with Crippen LogP contribution >= 0.6 is 0 Å². The Bertz CT molecular complexity index is 561. The third-order valence-corrected chi connectivity index (χ3v) is 2.58. The summed E-state index contributed by atoms with van der Waals surface area (Å²) in [4.78, 5) is 18.7. The summed E-state index contributed by atoms with van der Waals surface area (Å²) in [6, 6.07) is 8.27. The summed E-state index contributed by atoms with van der Waals surface area (Å²) < 4.78 is 5.48. The number of carboxylic acids is 1. The van der Waals surface area contributed by atoms with E-state index in [0.717, 1.165) is 5.69 Å². The molecule has 1 aromatic heterocycles. The largest absolute Gasteiger partial charge is 0.492 e. The Morgan fingerprint density at radius 2 is 2.25 bits per heavy atom. The van der Waals surface area contributed by atoms with E-state index in [1.165, 1.54) is 18.5 Å². The molecule has 0 aliphatic heterocycles. The van der Waals surface area contributed by atoms with Gasteiger partial charge in [0.25, 0.3) is 0 Å². The maximum atomic E-state index is 10.8. The van der Waals surface area contributed by atoms with Crippen LogP contribution in [0.4, 0.5) is 0 Å². The van der Waals surface area contributed by atoms with Crippen molar-refractivity contribution < 1.29 is 14.6 Å². The number of aromatic nitrogens is 2. The number of hydrogen-bond donors (Lipinski definition) is 2. The van der Waals surface area contributed by atoms with Crippen LogP contribution in [0, 0.1) is 0 Å². The van der Waals surface area contributed by atoms with Gasteiger partial charge in [-0.1, -0.05) is 6.07 Å². The number of aromatic carboxylic acids is 1. The van der Waals surface area contributed by atoms with Crippen molar-refractivity contribution in [2.24, 2.45) is 0 Å². The topological polar surface area (TPSA) is 84.3 Å². The van der Waals surface area contributed by atoms with E-state index in [0.29, 0.717) is 25.4 Å². The second-order valence-corrected chi connectivity index (χ2v) is 4.06. The zero-order valence-electron chi connectivity index (χ0n) is 10.8. The van der Waals surface area contributed by atoms with Gasteiger partial charge in [-0.15, -0.1) is 0 Å². The number of nitrogens with zero attached hydrogens (tertiary/aromatic N) is 2. The molecule has 6 heteroatoms. The molecular weight excluding hydrogens is 258 g/mol. The Morgan fingerprint density at radius 1 is 1.35 bits per heavy atom. The second kappa shape index (κ2) is 7.20. The molecular formula is C14H15N3O3. The van der Waals surface area contributed by atoms with Gasteiger partial charge in [0.05, 0.1) is 11.3 Å². The number of rotatable bonds is 7. The Kier molecular flexibility index (Phi) is 5.02. The van der Waals surface area contributed by atoms with Gasteiger partial charge < -0.3 is 15.2 Å². The summed E-state index contributed by atoms with van der Waals surface area (Å²) in [6.45, 7) is 1.73. The van der Waals surface area contributed by atoms with E-state index in [-0.39, 0.29) is 5.56 Å². The molecule has 2 N–H and O–H groups in total. The third kappa shape index (κ3) is 4.33. The molecule has 1 aromatic carbocycles. The first kappa shape index (κ1) is 14.0. The van der Waals surface area contributed by atoms with E-state index in [1.54, 1.807) is 18.3 Å². The molecule has 0 amide bonds. The highest BCUT2D eigenvalue weighted by atomic mass is 16.5. The van der Waals surface area contributed by atoms with Gasteiger partial charge in [0.2, 0.25) is 0 Å². The van der Waals surface area contributed by atoms with Crippen LogP contribution < -0.4 is 10.1 Å². The number of nitrogens with one attached hydrogen (secondary N) is 1. The number of ether oxygens (including phenoxy) is 1. The Morgan fingerprint density at radius 3 is 3.00 bits per heavy atom. The minimum absolute atomic E-state index is 0.219. The highest BCUT2D eigenvalue weighted by Crippen LogP contribution is 2.12. The lowest BCUT2D eigenvalue weighted by molar-refractivity contribution is 0.0696. The predicted octanol–water partition coefficient (Wildman–Crippen LogP) is 1.34. The van der Waals surface area contributed by atoms with Crippen LogP contribution in [0.5, 0.6) is 5.75 Å². The van der Waals surface area contributed by atoms with E-state index < -0.39 is 5.97 Å². The van der Waals surface area contributed by atoms with Crippen molar-refractivity contribution in [2.75, 3.05) is 13.2 Å². The zero-order chi connectivity index (χ0) is 14.2. The monoisotopic (exact) mass is 273 g/mol. The SMILES string of the molecule is O=C(O)c1cccc(OCCNCc2ccncn2)c1. The average molecular weight is 273 g/mol. The van der Waals surface area contributed by atoms with Crippen molar-refractivity contribution in [2.45, 2.75) is 6.54 Å². The molecule has 0 radical (unpaired) electrons. The maximum Gasteiger partial charge on any atom is 0.335 e. The van der Waals surface area contributed by atoms with Crippen LogP contribution in [-0.4, -0.2) is 34.2 Å². The van der Waals surface area contributed by atoms with Crippen molar-refractivity contribution in [1.82, 2.24) is 15.3 Å². The molecule has 2 aromatic rings. The minimum Gasteiger partial charge on any atom is -0.492 e. The quantitative estimate of drug-likeness (QED) is 0.741. The van der Waals surface area contributed by atoms with Gasteiger partial charge >= 0.3 is 5.97 Å². The summed E-state index contributed by atoms with van der Waals surface area (Å²) in [5.74, 6) is -0.411. The van der Waals surface area contributed by atoms with Crippen molar-refractivity contribution in [1.29, 1.82) is 0 Å². The smallest absolute Gasteiger partial charge is 0.335 e. The molecule has 0 unspecified atom stereocenters. The third-order valence-electron chi connectivity index (χ3n) is 2.58. The van der Waals surface area contributed by atoms with Crippen LogP contribution in [0.15, 0.2) is 42.9 Å². The standard InChI is InChI=1S/C14H15N3O3/c18-14(19)11-2-1-3-13(8-11)20-7-6-15-9-12-4-5-16-10-17-12/h1-5,8,10,15H,6-7,9H2,(H,18,19). The van der Waals surface area contributed by atoms with Crippen LogP contribution in [0.3, 0.4) is 0 Å². The number of carbonyl (C=O) groups is 1. The normalized spacial score (nSPS) is 10.2. The van der Waals surface area contributed by atoms with Gasteiger partial charge in [-0.05, 0) is 24.3 Å². The molecule has 0 spiro atoms. The summed E-state index contributed by atoms with van der Waals surface area (Å²) in [5.41, 5.74) is 1.13. The van der Waals surface area contributed by atoms with Crippen LogP contribution in [-0.2, 0) is 6.54 Å². The molecule has 104 valence electrons. The van der Waals surface area contributed by atoms with Crippen LogP contribution in [0.1, 0.15) is 16.1 Å². The van der Waals surface area contributed by atoms with Gasteiger partial charge in [0, 0.05) is 19.3 Å². The van der Waals surface area contributed by atoms with Crippen molar-refractivity contribution in [3.63, 3.8) is 0 Å². The summed E-state index contributed by atoms with van der Waals surface area (Å²) in [6.07, 6.45) is 3.20. The fourth-order valence-electron chi connectivity index (χ4n) is 1.60.